The number of nitrogens with one attached hydrogen (secondary N) is 1. The van der Waals surface area contributed by atoms with Crippen molar-refractivity contribution in [3.63, 3.8) is 0 Å². The molecule has 0 saturated carbocycles. The van der Waals surface area contributed by atoms with Crippen molar-refractivity contribution in [3.8, 4) is 5.75 Å². The van der Waals surface area contributed by atoms with Crippen LogP contribution >= 0.6 is 11.6 Å². The van der Waals surface area contributed by atoms with Crippen LogP contribution in [0.5, 0.6) is 5.75 Å². The molecular formula is C11H12ClN3O2. The predicted molar refractivity (Wildman–Crippen MR) is 64.4 cm³/mol. The summed E-state index contributed by atoms with van der Waals surface area (Å²) in [5.41, 5.74) is 0.873. The first-order valence-electron chi connectivity index (χ1n) is 5.05. The predicted octanol–water partition coefficient (Wildman–Crippen LogP) is 2.65. The summed E-state index contributed by atoms with van der Waals surface area (Å²) in [4.78, 5) is 4.08. The number of methoxy groups -OCH3 is 1. The third-order valence-corrected chi connectivity index (χ3v) is 2.47. The molecule has 0 unspecified atom stereocenters. The second kappa shape index (κ2) is 5.05. The maximum Gasteiger partial charge on any atom is 0.223 e. The van der Waals surface area contributed by atoms with E-state index in [1.807, 2.05) is 6.07 Å². The van der Waals surface area contributed by atoms with Crippen molar-refractivity contribution in [2.24, 2.45) is 0 Å². The zero-order chi connectivity index (χ0) is 12.3. The van der Waals surface area contributed by atoms with E-state index in [2.05, 4.69) is 15.5 Å². The molecule has 90 valence electrons. The molecule has 1 aromatic heterocycles. The van der Waals surface area contributed by atoms with Crippen molar-refractivity contribution >= 4 is 17.3 Å². The normalized spacial score (nSPS) is 10.3. The fraction of sp³-hybridized carbons (Fsp3) is 0.273. The van der Waals surface area contributed by atoms with E-state index in [1.165, 1.54) is 0 Å². The van der Waals surface area contributed by atoms with Gasteiger partial charge < -0.3 is 14.6 Å². The van der Waals surface area contributed by atoms with Gasteiger partial charge in [0.05, 0.1) is 18.7 Å². The maximum absolute atomic E-state index is 6.00. The highest BCUT2D eigenvalue weighted by Gasteiger charge is 2.04. The highest BCUT2D eigenvalue weighted by atomic mass is 35.5. The van der Waals surface area contributed by atoms with Gasteiger partial charge in [-0.3, -0.25) is 0 Å². The molecule has 1 aromatic carbocycles. The molecule has 0 bridgehead atoms. The number of aryl methyl sites for hydroxylation is 1. The minimum Gasteiger partial charge on any atom is -0.495 e. The Bertz CT molecular complexity index is 513. The fourth-order valence-electron chi connectivity index (χ4n) is 1.37. The monoisotopic (exact) mass is 253 g/mol. The Hall–Kier alpha value is -1.75. The second-order valence-corrected chi connectivity index (χ2v) is 3.84. The van der Waals surface area contributed by atoms with Crippen LogP contribution in [0.25, 0.3) is 0 Å². The summed E-state index contributed by atoms with van der Waals surface area (Å²) in [6, 6.07) is 5.46. The lowest BCUT2D eigenvalue weighted by molar-refractivity contribution is 0.388. The number of aromatic nitrogens is 2. The van der Waals surface area contributed by atoms with Gasteiger partial charge in [0.1, 0.15) is 5.75 Å². The van der Waals surface area contributed by atoms with Gasteiger partial charge in [-0.2, -0.15) is 4.98 Å². The third kappa shape index (κ3) is 2.88. The molecule has 0 aliphatic rings. The first-order chi connectivity index (χ1) is 8.19. The van der Waals surface area contributed by atoms with Crippen LogP contribution in [0.4, 0.5) is 5.69 Å². The number of benzene rings is 1. The molecule has 0 aliphatic carbocycles. The average molecular weight is 254 g/mol. The molecule has 6 heteroatoms. The number of anilines is 1. The molecule has 0 spiro atoms. The van der Waals surface area contributed by atoms with E-state index >= 15 is 0 Å². The van der Waals surface area contributed by atoms with Gasteiger partial charge in [-0.05, 0) is 18.2 Å². The van der Waals surface area contributed by atoms with Gasteiger partial charge in [0, 0.05) is 12.6 Å². The van der Waals surface area contributed by atoms with Gasteiger partial charge >= 0.3 is 0 Å². The van der Waals surface area contributed by atoms with E-state index in [0.29, 0.717) is 29.0 Å². The third-order valence-electron chi connectivity index (χ3n) is 2.17. The van der Waals surface area contributed by atoms with Crippen LogP contribution in [0.2, 0.25) is 5.02 Å². The lowest BCUT2D eigenvalue weighted by Crippen LogP contribution is -2.01. The number of hydrogen-bond acceptors (Lipinski definition) is 5. The Morgan fingerprint density at radius 1 is 1.47 bits per heavy atom. The lowest BCUT2D eigenvalue weighted by atomic mass is 10.3. The quantitative estimate of drug-likeness (QED) is 0.908. The van der Waals surface area contributed by atoms with Gasteiger partial charge in [0.2, 0.25) is 5.89 Å². The van der Waals surface area contributed by atoms with Crippen LogP contribution in [0.1, 0.15) is 11.7 Å². The fourth-order valence-corrected chi connectivity index (χ4v) is 1.63. The number of rotatable bonds is 4. The SMILES string of the molecule is COc1ccc(NCc2noc(C)n2)cc1Cl. The van der Waals surface area contributed by atoms with Crippen LogP contribution in [0.3, 0.4) is 0 Å². The van der Waals surface area contributed by atoms with E-state index in [1.54, 1.807) is 26.2 Å². The summed E-state index contributed by atoms with van der Waals surface area (Å²) in [5.74, 6) is 1.80. The Balaban J connectivity index is 2.02. The van der Waals surface area contributed by atoms with E-state index in [-0.39, 0.29) is 0 Å². The van der Waals surface area contributed by atoms with Crippen molar-refractivity contribution in [2.45, 2.75) is 13.5 Å². The van der Waals surface area contributed by atoms with Gasteiger partial charge in [0.15, 0.2) is 5.82 Å². The summed E-state index contributed by atoms with van der Waals surface area (Å²) < 4.78 is 9.93. The van der Waals surface area contributed by atoms with Crippen molar-refractivity contribution in [3.05, 3.63) is 34.9 Å². The standard InChI is InChI=1S/C11H12ClN3O2/c1-7-14-11(15-17-7)6-13-8-3-4-10(16-2)9(12)5-8/h3-5,13H,6H2,1-2H3. The van der Waals surface area contributed by atoms with Crippen LogP contribution in [-0.4, -0.2) is 17.3 Å². The zero-order valence-corrected chi connectivity index (χ0v) is 10.3. The van der Waals surface area contributed by atoms with Crippen LogP contribution in [-0.2, 0) is 6.54 Å². The second-order valence-electron chi connectivity index (χ2n) is 3.43. The Morgan fingerprint density at radius 3 is 2.88 bits per heavy atom. The zero-order valence-electron chi connectivity index (χ0n) is 9.53. The minimum absolute atomic E-state index is 0.486. The van der Waals surface area contributed by atoms with Crippen LogP contribution < -0.4 is 10.1 Å². The lowest BCUT2D eigenvalue weighted by Gasteiger charge is -2.07. The molecule has 1 N–H and O–H groups in total. The summed E-state index contributed by atoms with van der Waals surface area (Å²) in [6.45, 7) is 2.24. The summed E-state index contributed by atoms with van der Waals surface area (Å²) >= 11 is 6.00. The molecule has 2 rings (SSSR count). The van der Waals surface area contributed by atoms with Crippen molar-refractivity contribution < 1.29 is 9.26 Å². The molecule has 0 aliphatic heterocycles. The van der Waals surface area contributed by atoms with Crippen molar-refractivity contribution in [1.82, 2.24) is 10.1 Å². The van der Waals surface area contributed by atoms with E-state index < -0.39 is 0 Å². The number of halogens is 1. The molecule has 1 heterocycles. The van der Waals surface area contributed by atoms with Crippen LogP contribution in [0.15, 0.2) is 22.7 Å². The molecule has 5 nitrogen and oxygen atoms in total. The molecule has 0 fully saturated rings. The minimum atomic E-state index is 0.486. The molecule has 0 atom stereocenters. The van der Waals surface area contributed by atoms with Gasteiger partial charge in [-0.1, -0.05) is 16.8 Å². The summed E-state index contributed by atoms with van der Waals surface area (Å²) in [7, 11) is 1.58. The Kier molecular flexibility index (Phi) is 3.49. The topological polar surface area (TPSA) is 60.2 Å². The van der Waals surface area contributed by atoms with Gasteiger partial charge in [0.25, 0.3) is 0 Å². The van der Waals surface area contributed by atoms with E-state index in [4.69, 9.17) is 20.9 Å². The average Bonchev–Trinajstić information content (AvgIpc) is 2.73. The Labute approximate surface area is 104 Å². The molecular weight excluding hydrogens is 242 g/mol. The summed E-state index contributed by atoms with van der Waals surface area (Å²) in [5, 5.41) is 7.48. The van der Waals surface area contributed by atoms with E-state index in [0.717, 1.165) is 5.69 Å². The van der Waals surface area contributed by atoms with Gasteiger partial charge in [-0.25, -0.2) is 0 Å². The van der Waals surface area contributed by atoms with Crippen molar-refractivity contribution in [2.75, 3.05) is 12.4 Å². The Morgan fingerprint density at radius 2 is 2.29 bits per heavy atom. The van der Waals surface area contributed by atoms with Crippen molar-refractivity contribution in [1.29, 1.82) is 0 Å². The maximum atomic E-state index is 6.00. The molecule has 0 amide bonds. The molecule has 2 aromatic rings. The number of ether oxygens (including phenoxy) is 1. The highest BCUT2D eigenvalue weighted by Crippen LogP contribution is 2.27. The smallest absolute Gasteiger partial charge is 0.223 e. The molecule has 0 saturated heterocycles. The van der Waals surface area contributed by atoms with E-state index in [9.17, 15) is 0 Å². The van der Waals surface area contributed by atoms with Gasteiger partial charge in [-0.15, -0.1) is 0 Å². The first-order valence-corrected chi connectivity index (χ1v) is 5.43. The van der Waals surface area contributed by atoms with Crippen LogP contribution in [0, 0.1) is 6.92 Å². The molecule has 17 heavy (non-hydrogen) atoms. The number of nitrogens with zero attached hydrogens (tertiary/aromatic N) is 2. The number of hydrogen-bond donors (Lipinski definition) is 1. The highest BCUT2D eigenvalue weighted by molar-refractivity contribution is 6.32. The largest absolute Gasteiger partial charge is 0.495 e. The summed E-state index contributed by atoms with van der Waals surface area (Å²) in [6.07, 6.45) is 0. The molecule has 0 radical (unpaired) electrons. The first kappa shape index (κ1) is 11.7.